The molecule has 1 aromatic heterocycles. The highest BCUT2D eigenvalue weighted by molar-refractivity contribution is 5.77. The first kappa shape index (κ1) is 16.2. The average molecular weight is 317 g/mol. The molecule has 1 aromatic rings. The van der Waals surface area contributed by atoms with Gasteiger partial charge in [0.1, 0.15) is 0 Å². The van der Waals surface area contributed by atoms with E-state index in [1.807, 2.05) is 15.5 Å². The Kier molecular flexibility index (Phi) is 4.85. The van der Waals surface area contributed by atoms with E-state index in [4.69, 9.17) is 0 Å². The summed E-state index contributed by atoms with van der Waals surface area (Å²) in [5.41, 5.74) is 2.51. The Labute approximate surface area is 137 Å². The highest BCUT2D eigenvalue weighted by Gasteiger charge is 2.23. The predicted octanol–water partition coefficient (Wildman–Crippen LogP) is 1.33. The number of nitrogens with zero attached hydrogens (tertiary/aromatic N) is 2. The van der Waals surface area contributed by atoms with E-state index in [0.29, 0.717) is 31.6 Å². The second kappa shape index (κ2) is 6.87. The van der Waals surface area contributed by atoms with Crippen molar-refractivity contribution in [2.75, 3.05) is 13.1 Å². The highest BCUT2D eigenvalue weighted by atomic mass is 16.2. The van der Waals surface area contributed by atoms with Gasteiger partial charge in [-0.15, -0.1) is 0 Å². The van der Waals surface area contributed by atoms with Crippen molar-refractivity contribution in [2.24, 2.45) is 0 Å². The highest BCUT2D eigenvalue weighted by Crippen LogP contribution is 2.21. The maximum Gasteiger partial charge on any atom is 0.250 e. The molecule has 23 heavy (non-hydrogen) atoms. The minimum absolute atomic E-state index is 0.0608. The Morgan fingerprint density at radius 3 is 2.74 bits per heavy atom. The van der Waals surface area contributed by atoms with Crippen LogP contribution in [0.2, 0.25) is 0 Å². The van der Waals surface area contributed by atoms with Crippen molar-refractivity contribution in [2.45, 2.75) is 64.6 Å². The van der Waals surface area contributed by atoms with Crippen molar-refractivity contribution >= 4 is 5.91 Å². The maximum atomic E-state index is 12.3. The van der Waals surface area contributed by atoms with Gasteiger partial charge in [0.05, 0.1) is 0 Å². The monoisotopic (exact) mass is 317 g/mol. The minimum Gasteiger partial charge on any atom is -0.341 e. The molecule has 0 radical (unpaired) electrons. The van der Waals surface area contributed by atoms with Gasteiger partial charge in [-0.25, -0.2) is 0 Å². The molecule has 1 aliphatic carbocycles. The number of hydrogen-bond acceptors (Lipinski definition) is 3. The van der Waals surface area contributed by atoms with E-state index in [9.17, 15) is 9.59 Å². The van der Waals surface area contributed by atoms with Gasteiger partial charge in [-0.05, 0) is 31.2 Å². The van der Waals surface area contributed by atoms with Crippen molar-refractivity contribution in [3.05, 3.63) is 33.7 Å². The lowest BCUT2D eigenvalue weighted by Gasteiger charge is -2.29. The van der Waals surface area contributed by atoms with Gasteiger partial charge >= 0.3 is 0 Å². The molecule has 3 rings (SSSR count). The van der Waals surface area contributed by atoms with Crippen LogP contribution in [-0.2, 0) is 24.2 Å². The SMILES string of the molecule is CC(C)NC1CCc2c(ccc(=O)n2CCN2CCCC2=O)C1. The third-order valence-electron chi connectivity index (χ3n) is 4.92. The summed E-state index contributed by atoms with van der Waals surface area (Å²) >= 11 is 0. The number of hydrogen-bond donors (Lipinski definition) is 1. The summed E-state index contributed by atoms with van der Waals surface area (Å²) < 4.78 is 1.90. The molecule has 5 nitrogen and oxygen atoms in total. The number of pyridine rings is 1. The van der Waals surface area contributed by atoms with E-state index in [-0.39, 0.29) is 11.5 Å². The quantitative estimate of drug-likeness (QED) is 0.891. The molecular weight excluding hydrogens is 290 g/mol. The third kappa shape index (κ3) is 3.66. The van der Waals surface area contributed by atoms with Crippen molar-refractivity contribution in [3.8, 4) is 0 Å². The van der Waals surface area contributed by atoms with Crippen LogP contribution in [0.3, 0.4) is 0 Å². The Balaban J connectivity index is 1.74. The third-order valence-corrected chi connectivity index (χ3v) is 4.92. The summed E-state index contributed by atoms with van der Waals surface area (Å²) in [4.78, 5) is 25.9. The standard InChI is InChI=1S/C18H27N3O2/c1-13(2)19-15-6-7-16-14(12-15)5-8-18(23)21(16)11-10-20-9-3-4-17(20)22/h5,8,13,15,19H,3-4,6-7,9-12H2,1-2H3. The Bertz CT molecular complexity index is 636. The van der Waals surface area contributed by atoms with Crippen LogP contribution in [-0.4, -0.2) is 40.5 Å². The van der Waals surface area contributed by atoms with Gasteiger partial charge in [0.25, 0.3) is 5.56 Å². The van der Waals surface area contributed by atoms with Crippen molar-refractivity contribution < 1.29 is 4.79 Å². The van der Waals surface area contributed by atoms with Gasteiger partial charge in [0.2, 0.25) is 5.91 Å². The zero-order valence-corrected chi connectivity index (χ0v) is 14.2. The Hall–Kier alpha value is -1.62. The first-order valence-corrected chi connectivity index (χ1v) is 8.80. The second-order valence-electron chi connectivity index (χ2n) is 7.04. The molecule has 2 heterocycles. The van der Waals surface area contributed by atoms with Crippen molar-refractivity contribution in [3.63, 3.8) is 0 Å². The number of aromatic nitrogens is 1. The molecule has 1 fully saturated rings. The molecule has 0 spiro atoms. The molecule has 5 heteroatoms. The number of rotatable bonds is 5. The zero-order valence-electron chi connectivity index (χ0n) is 14.2. The Morgan fingerprint density at radius 1 is 1.22 bits per heavy atom. The first-order chi connectivity index (χ1) is 11.0. The molecule has 0 saturated carbocycles. The second-order valence-corrected chi connectivity index (χ2v) is 7.04. The number of nitrogens with one attached hydrogen (secondary N) is 1. The summed E-state index contributed by atoms with van der Waals surface area (Å²) in [6, 6.07) is 4.65. The van der Waals surface area contributed by atoms with Crippen molar-refractivity contribution in [1.29, 1.82) is 0 Å². The van der Waals surface area contributed by atoms with Gasteiger partial charge in [-0.3, -0.25) is 9.59 Å². The van der Waals surface area contributed by atoms with Crippen LogP contribution in [0.25, 0.3) is 0 Å². The molecule has 0 bridgehead atoms. The molecule has 126 valence electrons. The predicted molar refractivity (Wildman–Crippen MR) is 90.6 cm³/mol. The molecule has 0 aromatic carbocycles. The fourth-order valence-electron chi connectivity index (χ4n) is 3.84. The van der Waals surface area contributed by atoms with Gasteiger partial charge in [-0.1, -0.05) is 19.9 Å². The van der Waals surface area contributed by atoms with E-state index in [0.717, 1.165) is 32.2 Å². The maximum absolute atomic E-state index is 12.3. The summed E-state index contributed by atoms with van der Waals surface area (Å²) in [6.45, 7) is 6.45. The fourth-order valence-corrected chi connectivity index (χ4v) is 3.84. The van der Waals surface area contributed by atoms with Crippen LogP contribution in [0, 0.1) is 0 Å². The molecule has 1 amide bonds. The number of fused-ring (bicyclic) bond motifs is 1. The lowest BCUT2D eigenvalue weighted by Crippen LogP contribution is -2.41. The van der Waals surface area contributed by atoms with Gasteiger partial charge < -0.3 is 14.8 Å². The van der Waals surface area contributed by atoms with E-state index < -0.39 is 0 Å². The molecule has 1 atom stereocenters. The summed E-state index contributed by atoms with van der Waals surface area (Å²) in [5.74, 6) is 0.226. The topological polar surface area (TPSA) is 54.3 Å². The Morgan fingerprint density at radius 2 is 2.04 bits per heavy atom. The van der Waals surface area contributed by atoms with E-state index in [2.05, 4.69) is 19.2 Å². The molecule has 1 saturated heterocycles. The van der Waals surface area contributed by atoms with Crippen LogP contribution in [0.1, 0.15) is 44.4 Å². The van der Waals surface area contributed by atoms with Crippen LogP contribution >= 0.6 is 0 Å². The van der Waals surface area contributed by atoms with Crippen LogP contribution < -0.4 is 10.9 Å². The fraction of sp³-hybridized carbons (Fsp3) is 0.667. The number of likely N-dealkylation sites (tertiary alicyclic amines) is 1. The lowest BCUT2D eigenvalue weighted by atomic mass is 9.91. The average Bonchev–Trinajstić information content (AvgIpc) is 2.91. The van der Waals surface area contributed by atoms with Crippen molar-refractivity contribution in [1.82, 2.24) is 14.8 Å². The van der Waals surface area contributed by atoms with E-state index in [1.54, 1.807) is 6.07 Å². The number of carbonyl (C=O) groups excluding carboxylic acids is 1. The summed E-state index contributed by atoms with van der Waals surface area (Å²) in [6.07, 6.45) is 4.59. The van der Waals surface area contributed by atoms with Crippen LogP contribution in [0.4, 0.5) is 0 Å². The largest absolute Gasteiger partial charge is 0.341 e. The van der Waals surface area contributed by atoms with Gasteiger partial charge in [-0.2, -0.15) is 0 Å². The number of amides is 1. The smallest absolute Gasteiger partial charge is 0.250 e. The molecule has 1 aliphatic heterocycles. The normalized spacial score (nSPS) is 21.1. The minimum atomic E-state index is 0.0608. The molecule has 2 aliphatic rings. The first-order valence-electron chi connectivity index (χ1n) is 8.80. The van der Waals surface area contributed by atoms with Gasteiger partial charge in [0, 0.05) is 49.9 Å². The van der Waals surface area contributed by atoms with E-state index >= 15 is 0 Å². The molecular formula is C18H27N3O2. The van der Waals surface area contributed by atoms with Crippen LogP contribution in [0.5, 0.6) is 0 Å². The van der Waals surface area contributed by atoms with Gasteiger partial charge in [0.15, 0.2) is 0 Å². The molecule has 1 N–H and O–H groups in total. The summed E-state index contributed by atoms with van der Waals surface area (Å²) in [5, 5.41) is 3.60. The molecule has 1 unspecified atom stereocenters. The lowest BCUT2D eigenvalue weighted by molar-refractivity contribution is -0.127. The zero-order chi connectivity index (χ0) is 16.4. The number of carbonyl (C=O) groups is 1. The van der Waals surface area contributed by atoms with E-state index in [1.165, 1.54) is 11.3 Å². The van der Waals surface area contributed by atoms with Crippen LogP contribution in [0.15, 0.2) is 16.9 Å². The summed E-state index contributed by atoms with van der Waals surface area (Å²) in [7, 11) is 0.